The molecule has 0 spiro atoms. The lowest BCUT2D eigenvalue weighted by Gasteiger charge is -2.10. The van der Waals surface area contributed by atoms with Crippen LogP contribution < -0.4 is 20.2 Å². The maximum atomic E-state index is 12.1. The van der Waals surface area contributed by atoms with Gasteiger partial charge in [0.2, 0.25) is 0 Å². The van der Waals surface area contributed by atoms with Crippen molar-refractivity contribution in [1.82, 2.24) is 5.43 Å². The highest BCUT2D eigenvalue weighted by Gasteiger charge is 2.09. The van der Waals surface area contributed by atoms with Gasteiger partial charge < -0.3 is 14.8 Å². The van der Waals surface area contributed by atoms with Gasteiger partial charge in [-0.15, -0.1) is 0 Å². The Labute approximate surface area is 171 Å². The fourth-order valence-electron chi connectivity index (χ4n) is 2.79. The first-order valence-electron chi connectivity index (χ1n) is 8.57. The number of anilines is 1. The Hall–Kier alpha value is -3.06. The van der Waals surface area contributed by atoms with Gasteiger partial charge in [-0.3, -0.25) is 4.79 Å². The molecule has 0 saturated carbocycles. The zero-order valence-corrected chi connectivity index (χ0v) is 17.1. The van der Waals surface area contributed by atoms with Crippen LogP contribution in [-0.4, -0.2) is 32.9 Å². The Morgan fingerprint density at radius 3 is 2.68 bits per heavy atom. The highest BCUT2D eigenvalue weighted by atomic mass is 79.9. The highest BCUT2D eigenvalue weighted by Crippen LogP contribution is 2.35. The van der Waals surface area contributed by atoms with E-state index >= 15 is 0 Å². The number of nitrogens with one attached hydrogen (secondary N) is 2. The molecule has 7 heteroatoms. The van der Waals surface area contributed by atoms with E-state index in [0.29, 0.717) is 11.5 Å². The minimum Gasteiger partial charge on any atom is -0.493 e. The summed E-state index contributed by atoms with van der Waals surface area (Å²) < 4.78 is 11.3. The Morgan fingerprint density at radius 1 is 1.11 bits per heavy atom. The molecule has 3 aromatic rings. The van der Waals surface area contributed by atoms with Crippen LogP contribution in [0.2, 0.25) is 0 Å². The first-order chi connectivity index (χ1) is 13.6. The summed E-state index contributed by atoms with van der Waals surface area (Å²) in [7, 11) is 3.13. The summed E-state index contributed by atoms with van der Waals surface area (Å²) in [6.45, 7) is 0.112. The fraction of sp³-hybridized carbons (Fsp3) is 0.143. The SMILES string of the molecule is COc1cc(/C=N/NC(=O)CNc2cccc3ccccc23)cc(Br)c1OC. The third kappa shape index (κ3) is 4.61. The van der Waals surface area contributed by atoms with Crippen molar-refractivity contribution in [1.29, 1.82) is 0 Å². The van der Waals surface area contributed by atoms with Gasteiger partial charge in [0.05, 0.1) is 31.5 Å². The molecule has 0 atom stereocenters. The summed E-state index contributed by atoms with van der Waals surface area (Å²) in [5.41, 5.74) is 4.18. The Balaban J connectivity index is 1.60. The van der Waals surface area contributed by atoms with Crippen LogP contribution in [0.4, 0.5) is 5.69 Å². The van der Waals surface area contributed by atoms with Gasteiger partial charge in [0.25, 0.3) is 5.91 Å². The third-order valence-electron chi connectivity index (χ3n) is 4.09. The van der Waals surface area contributed by atoms with E-state index < -0.39 is 0 Å². The second-order valence-corrected chi connectivity index (χ2v) is 6.77. The van der Waals surface area contributed by atoms with Crippen molar-refractivity contribution in [3.63, 3.8) is 0 Å². The number of rotatable bonds is 7. The number of fused-ring (bicyclic) bond motifs is 1. The number of methoxy groups -OCH3 is 2. The first kappa shape index (κ1) is 19.7. The normalized spacial score (nSPS) is 10.8. The predicted octanol–water partition coefficient (Wildman–Crippen LogP) is 4.18. The zero-order chi connectivity index (χ0) is 19.9. The summed E-state index contributed by atoms with van der Waals surface area (Å²) in [6.07, 6.45) is 1.54. The maximum Gasteiger partial charge on any atom is 0.259 e. The molecule has 0 saturated heterocycles. The lowest BCUT2D eigenvalue weighted by atomic mass is 10.1. The molecule has 6 nitrogen and oxygen atoms in total. The van der Waals surface area contributed by atoms with Crippen LogP contribution in [0, 0.1) is 0 Å². The number of ether oxygens (including phenoxy) is 2. The molecule has 3 aromatic carbocycles. The minimum absolute atomic E-state index is 0.112. The molecule has 28 heavy (non-hydrogen) atoms. The number of hydrazone groups is 1. The number of amides is 1. The number of benzene rings is 3. The van der Waals surface area contributed by atoms with E-state index in [9.17, 15) is 4.79 Å². The van der Waals surface area contributed by atoms with E-state index in [-0.39, 0.29) is 12.5 Å². The zero-order valence-electron chi connectivity index (χ0n) is 15.5. The monoisotopic (exact) mass is 441 g/mol. The standard InChI is InChI=1S/C21H20BrN3O3/c1-27-19-11-14(10-17(22)21(19)28-2)12-24-25-20(26)13-23-18-9-5-7-15-6-3-4-8-16(15)18/h3-12,23H,13H2,1-2H3,(H,25,26)/b24-12+. The number of hydrogen-bond donors (Lipinski definition) is 2. The van der Waals surface area contributed by atoms with Gasteiger partial charge in [-0.05, 0) is 45.1 Å². The molecule has 0 aliphatic heterocycles. The van der Waals surface area contributed by atoms with Crippen molar-refractivity contribution < 1.29 is 14.3 Å². The summed E-state index contributed by atoms with van der Waals surface area (Å²) in [4.78, 5) is 12.1. The molecule has 0 fully saturated rings. The summed E-state index contributed by atoms with van der Waals surface area (Å²) in [6, 6.07) is 17.5. The summed E-state index contributed by atoms with van der Waals surface area (Å²) in [5.74, 6) is 0.925. The largest absolute Gasteiger partial charge is 0.493 e. The molecule has 2 N–H and O–H groups in total. The Morgan fingerprint density at radius 2 is 1.89 bits per heavy atom. The van der Waals surface area contributed by atoms with Gasteiger partial charge in [0, 0.05) is 11.1 Å². The maximum absolute atomic E-state index is 12.1. The molecule has 0 bridgehead atoms. The minimum atomic E-state index is -0.247. The van der Waals surface area contributed by atoms with Crippen molar-refractivity contribution in [2.45, 2.75) is 0 Å². The van der Waals surface area contributed by atoms with Crippen LogP contribution in [-0.2, 0) is 4.79 Å². The molecule has 0 aliphatic carbocycles. The van der Waals surface area contributed by atoms with Gasteiger partial charge >= 0.3 is 0 Å². The third-order valence-corrected chi connectivity index (χ3v) is 4.68. The number of hydrogen-bond acceptors (Lipinski definition) is 5. The van der Waals surface area contributed by atoms with Crippen molar-refractivity contribution in [3.05, 3.63) is 64.6 Å². The molecule has 0 unspecified atom stereocenters. The second-order valence-electron chi connectivity index (χ2n) is 5.91. The molecular formula is C21H20BrN3O3. The average Bonchev–Trinajstić information content (AvgIpc) is 2.71. The van der Waals surface area contributed by atoms with Gasteiger partial charge in [0.15, 0.2) is 11.5 Å². The quantitative estimate of drug-likeness (QED) is 0.426. The van der Waals surface area contributed by atoms with E-state index in [4.69, 9.17) is 9.47 Å². The van der Waals surface area contributed by atoms with Gasteiger partial charge in [-0.25, -0.2) is 5.43 Å². The fourth-order valence-corrected chi connectivity index (χ4v) is 3.41. The van der Waals surface area contributed by atoms with E-state index in [1.807, 2.05) is 48.5 Å². The van der Waals surface area contributed by atoms with Crippen molar-refractivity contribution in [2.75, 3.05) is 26.1 Å². The second kappa shape index (κ2) is 9.23. The van der Waals surface area contributed by atoms with Crippen LogP contribution in [0.3, 0.4) is 0 Å². The molecule has 0 aliphatic rings. The van der Waals surface area contributed by atoms with Gasteiger partial charge in [-0.1, -0.05) is 36.4 Å². The topological polar surface area (TPSA) is 72.0 Å². The molecule has 1 amide bonds. The van der Waals surface area contributed by atoms with E-state index in [2.05, 4.69) is 31.8 Å². The Bertz CT molecular complexity index is 1020. The van der Waals surface area contributed by atoms with Crippen LogP contribution in [0.25, 0.3) is 10.8 Å². The van der Waals surface area contributed by atoms with E-state index in [0.717, 1.165) is 26.5 Å². The first-order valence-corrected chi connectivity index (χ1v) is 9.36. The van der Waals surface area contributed by atoms with Crippen molar-refractivity contribution in [3.8, 4) is 11.5 Å². The van der Waals surface area contributed by atoms with E-state index in [1.54, 1.807) is 26.5 Å². The molecule has 0 aromatic heterocycles. The van der Waals surface area contributed by atoms with Crippen LogP contribution in [0.1, 0.15) is 5.56 Å². The summed E-state index contributed by atoms with van der Waals surface area (Å²) >= 11 is 3.43. The molecular weight excluding hydrogens is 422 g/mol. The number of halogens is 1. The number of nitrogens with zero attached hydrogens (tertiary/aromatic N) is 1. The van der Waals surface area contributed by atoms with Crippen LogP contribution in [0.5, 0.6) is 11.5 Å². The molecule has 144 valence electrons. The Kier molecular flexibility index (Phi) is 6.49. The van der Waals surface area contributed by atoms with Crippen LogP contribution >= 0.6 is 15.9 Å². The van der Waals surface area contributed by atoms with Gasteiger partial charge in [0.1, 0.15) is 0 Å². The van der Waals surface area contributed by atoms with Crippen LogP contribution in [0.15, 0.2) is 64.2 Å². The highest BCUT2D eigenvalue weighted by molar-refractivity contribution is 9.10. The van der Waals surface area contributed by atoms with Gasteiger partial charge in [-0.2, -0.15) is 5.10 Å². The number of carbonyl (C=O) groups is 1. The lowest BCUT2D eigenvalue weighted by Crippen LogP contribution is -2.25. The van der Waals surface area contributed by atoms with Crippen molar-refractivity contribution >= 4 is 44.5 Å². The summed E-state index contributed by atoms with van der Waals surface area (Å²) in [5, 5.41) is 9.34. The van der Waals surface area contributed by atoms with Crippen molar-refractivity contribution in [2.24, 2.45) is 5.10 Å². The molecule has 3 rings (SSSR count). The number of carbonyl (C=O) groups excluding carboxylic acids is 1. The lowest BCUT2D eigenvalue weighted by molar-refractivity contribution is -0.119. The molecule has 0 radical (unpaired) electrons. The molecule has 0 heterocycles. The van der Waals surface area contributed by atoms with E-state index in [1.165, 1.54) is 0 Å². The smallest absolute Gasteiger partial charge is 0.259 e. The average molecular weight is 442 g/mol. The predicted molar refractivity (Wildman–Crippen MR) is 115 cm³/mol.